The van der Waals surface area contributed by atoms with Crippen molar-refractivity contribution in [2.24, 2.45) is 5.73 Å². The Balaban J connectivity index is 1.88. The molecule has 1 aliphatic heterocycles. The van der Waals surface area contributed by atoms with Crippen LogP contribution in [0, 0.1) is 11.3 Å². The van der Waals surface area contributed by atoms with E-state index in [1.54, 1.807) is 11.3 Å². The zero-order valence-corrected chi connectivity index (χ0v) is 18.4. The largest absolute Gasteiger partial charge is 0.383 e. The summed E-state index contributed by atoms with van der Waals surface area (Å²) in [5, 5.41) is 13.7. The Kier molecular flexibility index (Phi) is 5.50. The number of ketones is 1. The lowest BCUT2D eigenvalue weighted by atomic mass is 9.74. The molecule has 2 aliphatic rings. The highest BCUT2D eigenvalue weighted by Crippen LogP contribution is 2.49. The predicted octanol–water partition coefficient (Wildman–Crippen LogP) is 4.28. The average Bonchev–Trinajstić information content (AvgIpc) is 3.22. The molecule has 5 nitrogen and oxygen atoms in total. The number of hydrogen-bond acceptors (Lipinski definition) is 6. The maximum absolute atomic E-state index is 13.5. The molecule has 30 heavy (non-hydrogen) atoms. The van der Waals surface area contributed by atoms with E-state index in [-0.39, 0.29) is 17.6 Å². The van der Waals surface area contributed by atoms with Gasteiger partial charge in [-0.15, -0.1) is 11.3 Å². The second-order valence-corrected chi connectivity index (χ2v) is 9.16. The molecular formula is C24H26N4OS. The molecule has 2 N–H and O–H groups in total. The molecule has 0 spiro atoms. The van der Waals surface area contributed by atoms with Crippen molar-refractivity contribution in [3.63, 3.8) is 0 Å². The molecule has 0 fully saturated rings. The average molecular weight is 419 g/mol. The molecule has 0 saturated heterocycles. The Morgan fingerprint density at radius 1 is 1.20 bits per heavy atom. The van der Waals surface area contributed by atoms with E-state index in [1.165, 1.54) is 4.88 Å². The molecule has 154 valence electrons. The minimum Gasteiger partial charge on any atom is -0.383 e. The van der Waals surface area contributed by atoms with Crippen molar-refractivity contribution in [1.82, 2.24) is 10.0 Å². The van der Waals surface area contributed by atoms with E-state index in [0.29, 0.717) is 24.2 Å². The fourth-order valence-electron chi connectivity index (χ4n) is 4.55. The zero-order chi connectivity index (χ0) is 21.4. The number of rotatable bonds is 4. The first kappa shape index (κ1) is 20.4. The number of carbonyl (C=O) groups excluding carboxylic acids is 1. The van der Waals surface area contributed by atoms with Crippen LogP contribution in [-0.4, -0.2) is 29.9 Å². The highest BCUT2D eigenvalue weighted by molar-refractivity contribution is 7.12. The third-order valence-electron chi connectivity index (χ3n) is 5.93. The lowest BCUT2D eigenvalue weighted by molar-refractivity contribution is -0.117. The number of carbonyl (C=O) groups is 1. The topological polar surface area (TPSA) is 73.4 Å². The number of hydrazine groups is 1. The van der Waals surface area contributed by atoms with E-state index >= 15 is 0 Å². The van der Waals surface area contributed by atoms with Crippen LogP contribution in [0.15, 0.2) is 65.1 Å². The fraction of sp³-hybridized carbons (Fsp3) is 0.333. The predicted molar refractivity (Wildman–Crippen MR) is 119 cm³/mol. The van der Waals surface area contributed by atoms with E-state index < -0.39 is 0 Å². The van der Waals surface area contributed by atoms with E-state index in [2.05, 4.69) is 31.2 Å². The van der Waals surface area contributed by atoms with Crippen LogP contribution < -0.4 is 5.73 Å². The smallest absolute Gasteiger partial charge is 0.162 e. The molecule has 2 heterocycles. The zero-order valence-electron chi connectivity index (χ0n) is 17.6. The van der Waals surface area contributed by atoms with Gasteiger partial charge >= 0.3 is 0 Å². The van der Waals surface area contributed by atoms with Crippen LogP contribution in [-0.2, 0) is 11.2 Å². The molecule has 0 radical (unpaired) electrons. The second kappa shape index (κ2) is 8.10. The molecule has 1 aliphatic carbocycles. The standard InChI is InChI=1S/C24H26N4OS/c1-4-17-10-11-21(30-17)22-18(14-25)24(26)28(27(2)3)19-12-16(13-20(29)23(19)22)15-8-6-5-7-9-15/h5-11,16,22H,4,12-13,26H2,1-3H3/t16-,22-/m1/s1. The Morgan fingerprint density at radius 2 is 1.93 bits per heavy atom. The van der Waals surface area contributed by atoms with E-state index in [4.69, 9.17) is 5.73 Å². The van der Waals surface area contributed by atoms with Crippen LogP contribution in [0.2, 0.25) is 0 Å². The Hall–Kier alpha value is -2.88. The van der Waals surface area contributed by atoms with Gasteiger partial charge in [0.15, 0.2) is 5.78 Å². The van der Waals surface area contributed by atoms with Gasteiger partial charge in [0.1, 0.15) is 5.82 Å². The molecule has 1 aromatic heterocycles. The number of aryl methyl sites for hydroxylation is 1. The van der Waals surface area contributed by atoms with Crippen LogP contribution in [0.1, 0.15) is 46.9 Å². The van der Waals surface area contributed by atoms with Crippen LogP contribution in [0.25, 0.3) is 0 Å². The second-order valence-electron chi connectivity index (χ2n) is 7.96. The maximum atomic E-state index is 13.5. The highest BCUT2D eigenvalue weighted by Gasteiger charge is 2.43. The first-order chi connectivity index (χ1) is 14.5. The number of thiophene rings is 1. The molecule has 0 unspecified atom stereocenters. The monoisotopic (exact) mass is 418 g/mol. The van der Waals surface area contributed by atoms with Crippen molar-refractivity contribution in [3.05, 3.63) is 80.4 Å². The number of allylic oxidation sites excluding steroid dienone is 3. The van der Waals surface area contributed by atoms with Crippen LogP contribution >= 0.6 is 11.3 Å². The summed E-state index contributed by atoms with van der Waals surface area (Å²) in [7, 11) is 3.79. The normalized spacial score (nSPS) is 21.8. The summed E-state index contributed by atoms with van der Waals surface area (Å²) in [6, 6.07) is 16.6. The Labute approximate surface area is 181 Å². The van der Waals surface area contributed by atoms with Gasteiger partial charge < -0.3 is 5.73 Å². The SMILES string of the molecule is CCc1ccc([C@H]2C(C#N)=C(N)N(N(C)C)C3=C2C(=O)C[C@H](c2ccccc2)C3)s1. The van der Waals surface area contributed by atoms with Crippen molar-refractivity contribution in [2.45, 2.75) is 38.0 Å². The van der Waals surface area contributed by atoms with Crippen LogP contribution in [0.5, 0.6) is 0 Å². The first-order valence-corrected chi connectivity index (χ1v) is 11.0. The van der Waals surface area contributed by atoms with Gasteiger partial charge in [-0.25, -0.2) is 5.01 Å². The van der Waals surface area contributed by atoms with E-state index in [9.17, 15) is 10.1 Å². The molecule has 4 rings (SSSR count). The van der Waals surface area contributed by atoms with Gasteiger partial charge in [-0.05, 0) is 36.5 Å². The van der Waals surface area contributed by atoms with Crippen molar-refractivity contribution in [3.8, 4) is 6.07 Å². The third kappa shape index (κ3) is 3.34. The van der Waals surface area contributed by atoms with Gasteiger partial charge in [-0.1, -0.05) is 37.3 Å². The number of hydrogen-bond donors (Lipinski definition) is 1. The molecule has 2 atom stereocenters. The van der Waals surface area contributed by atoms with Gasteiger partial charge in [-0.2, -0.15) is 5.26 Å². The highest BCUT2D eigenvalue weighted by atomic mass is 32.1. The summed E-state index contributed by atoms with van der Waals surface area (Å²) >= 11 is 1.67. The molecule has 0 bridgehead atoms. The van der Waals surface area contributed by atoms with Gasteiger partial charge in [0.25, 0.3) is 0 Å². The fourth-order valence-corrected chi connectivity index (χ4v) is 5.63. The van der Waals surface area contributed by atoms with Crippen molar-refractivity contribution in [1.29, 1.82) is 5.26 Å². The summed E-state index contributed by atoms with van der Waals surface area (Å²) < 4.78 is 0. The number of nitrogens with zero attached hydrogens (tertiary/aromatic N) is 3. The van der Waals surface area contributed by atoms with Crippen LogP contribution in [0.4, 0.5) is 0 Å². The lowest BCUT2D eigenvalue weighted by Gasteiger charge is -2.43. The summed E-state index contributed by atoms with van der Waals surface area (Å²) in [5.74, 6) is 0.245. The number of nitriles is 1. The van der Waals surface area contributed by atoms with Gasteiger partial charge in [0, 0.05) is 41.5 Å². The summed E-state index contributed by atoms with van der Waals surface area (Å²) in [6.45, 7) is 2.11. The first-order valence-electron chi connectivity index (χ1n) is 10.2. The van der Waals surface area contributed by atoms with Crippen molar-refractivity contribution in [2.75, 3.05) is 14.1 Å². The Morgan fingerprint density at radius 3 is 2.53 bits per heavy atom. The molecule has 0 amide bonds. The van der Waals surface area contributed by atoms with Gasteiger partial charge in [0.05, 0.1) is 17.6 Å². The maximum Gasteiger partial charge on any atom is 0.162 e. The third-order valence-corrected chi connectivity index (χ3v) is 7.22. The molecule has 2 aromatic rings. The quantitative estimate of drug-likeness (QED) is 0.802. The molecular weight excluding hydrogens is 392 g/mol. The molecule has 1 aromatic carbocycles. The summed E-state index contributed by atoms with van der Waals surface area (Å²) in [4.78, 5) is 15.8. The number of nitrogens with two attached hydrogens (primary N) is 1. The number of Topliss-reactive ketones (excluding diaryl/α,β-unsaturated/α-hetero) is 1. The number of benzene rings is 1. The minimum atomic E-state index is -0.379. The van der Waals surface area contributed by atoms with Crippen molar-refractivity contribution >= 4 is 17.1 Å². The van der Waals surface area contributed by atoms with E-state index in [1.807, 2.05) is 48.4 Å². The summed E-state index contributed by atoms with van der Waals surface area (Å²) in [5.41, 5.74) is 9.80. The van der Waals surface area contributed by atoms with E-state index in [0.717, 1.165) is 28.1 Å². The Bertz CT molecular complexity index is 1070. The van der Waals surface area contributed by atoms with Crippen molar-refractivity contribution < 1.29 is 4.79 Å². The van der Waals surface area contributed by atoms with Gasteiger partial charge in [0.2, 0.25) is 0 Å². The lowest BCUT2D eigenvalue weighted by Crippen LogP contribution is -2.45. The molecule has 0 saturated carbocycles. The summed E-state index contributed by atoms with van der Waals surface area (Å²) in [6.07, 6.45) is 2.09. The van der Waals surface area contributed by atoms with Crippen LogP contribution in [0.3, 0.4) is 0 Å². The molecule has 6 heteroatoms. The minimum absolute atomic E-state index is 0.103. The van der Waals surface area contributed by atoms with Gasteiger partial charge in [-0.3, -0.25) is 9.80 Å².